The van der Waals surface area contributed by atoms with E-state index in [0.29, 0.717) is 19.5 Å². The van der Waals surface area contributed by atoms with Gasteiger partial charge in [-0.2, -0.15) is 0 Å². The minimum absolute atomic E-state index is 0. The van der Waals surface area contributed by atoms with Gasteiger partial charge in [0.25, 0.3) is 0 Å². The molecule has 0 aliphatic carbocycles. The summed E-state index contributed by atoms with van der Waals surface area (Å²) in [6.45, 7) is 1.24. The molecule has 0 spiro atoms. The predicted molar refractivity (Wildman–Crippen MR) is 86.2 cm³/mol. The van der Waals surface area contributed by atoms with Gasteiger partial charge in [0, 0.05) is 10.0 Å². The van der Waals surface area contributed by atoms with Gasteiger partial charge in [-0.25, -0.2) is 0 Å². The Balaban J connectivity index is 0.00000242. The van der Waals surface area contributed by atoms with Crippen molar-refractivity contribution >= 4 is 21.7 Å². The van der Waals surface area contributed by atoms with Crippen molar-refractivity contribution in [1.82, 2.24) is 0 Å². The molecule has 0 fully saturated rings. The van der Waals surface area contributed by atoms with Gasteiger partial charge in [-0.15, -0.1) is 0 Å². The molecule has 0 bridgehead atoms. The van der Waals surface area contributed by atoms with Gasteiger partial charge >= 0.3 is 0 Å². The number of carbonyl (C=O) groups excluding carboxylic acids is 1. The first-order chi connectivity index (χ1) is 10.2. The summed E-state index contributed by atoms with van der Waals surface area (Å²) in [5.41, 5.74) is 1.63. The summed E-state index contributed by atoms with van der Waals surface area (Å²) in [7, 11) is 0. The van der Waals surface area contributed by atoms with Crippen LogP contribution in [-0.4, -0.2) is 24.0 Å². The van der Waals surface area contributed by atoms with Crippen LogP contribution in [0.15, 0.2) is 59.1 Å². The third kappa shape index (κ3) is 5.89. The average Bonchev–Trinajstić information content (AvgIpc) is 2.52. The van der Waals surface area contributed by atoms with Gasteiger partial charge in [0.15, 0.2) is 5.78 Å². The van der Waals surface area contributed by atoms with Crippen LogP contribution in [0.5, 0.6) is 0 Å². The maximum atomic E-state index is 12.0. The molecule has 2 aromatic carbocycles. The largest absolute Gasteiger partial charge is 1.00 e. The highest BCUT2D eigenvalue weighted by Gasteiger charge is 2.10. The number of halogens is 2. The standard InChI is InChI=1S/C17H18BrNO2.ClH/c18-15-8-4-7-14(11-15)16(20)9-10-19-12-17(21)13-5-2-1-3-6-13;/h1-8,11,17,19,21H,9-10,12H2;1H. The number of carbonyl (C=O) groups is 1. The first-order valence-electron chi connectivity index (χ1n) is 7.00. The fourth-order valence-electron chi connectivity index (χ4n) is 2.13. The predicted octanol–water partition coefficient (Wildman–Crippen LogP) is -0.677. The number of hydrogen-bond donors (Lipinski definition) is 2. The lowest BCUT2D eigenvalue weighted by Gasteiger charge is -2.09. The van der Waals surface area contributed by atoms with E-state index < -0.39 is 6.10 Å². The number of aliphatic hydroxyl groups is 1. The molecule has 22 heavy (non-hydrogen) atoms. The molecule has 3 nitrogen and oxygen atoms in total. The lowest BCUT2D eigenvalue weighted by molar-refractivity contribution is -0.660. The molecule has 1 unspecified atom stereocenters. The van der Waals surface area contributed by atoms with Crippen molar-refractivity contribution in [3.8, 4) is 0 Å². The maximum Gasteiger partial charge on any atom is 0.168 e. The zero-order valence-electron chi connectivity index (χ0n) is 12.1. The molecule has 5 heteroatoms. The van der Waals surface area contributed by atoms with E-state index in [-0.39, 0.29) is 18.2 Å². The minimum atomic E-state index is -0.493. The molecular formula is C17H19BrClNO2. The molecule has 2 rings (SSSR count). The molecule has 0 amide bonds. The van der Waals surface area contributed by atoms with Crippen LogP contribution in [0.25, 0.3) is 0 Å². The summed E-state index contributed by atoms with van der Waals surface area (Å²) >= 11 is 3.36. The monoisotopic (exact) mass is 383 g/mol. The normalized spacial score (nSPS) is 11.5. The molecule has 3 N–H and O–H groups in total. The Morgan fingerprint density at radius 1 is 1.14 bits per heavy atom. The van der Waals surface area contributed by atoms with Gasteiger partial charge in [0.1, 0.15) is 12.6 Å². The highest BCUT2D eigenvalue weighted by Crippen LogP contribution is 2.13. The lowest BCUT2D eigenvalue weighted by Crippen LogP contribution is -3.00. The molecular weight excluding hydrogens is 366 g/mol. The van der Waals surface area contributed by atoms with Crippen LogP contribution < -0.4 is 17.7 Å². The Morgan fingerprint density at radius 2 is 1.86 bits per heavy atom. The molecule has 0 saturated heterocycles. The van der Waals surface area contributed by atoms with Crippen molar-refractivity contribution in [2.75, 3.05) is 13.1 Å². The second-order valence-corrected chi connectivity index (χ2v) is 5.84. The number of benzene rings is 2. The molecule has 0 aliphatic heterocycles. The number of rotatable bonds is 7. The SMILES string of the molecule is O=C(CC[NH2+]CC(O)c1ccccc1)c1cccc(Br)c1.[Cl-]. The van der Waals surface area contributed by atoms with E-state index in [1.165, 1.54) is 0 Å². The minimum Gasteiger partial charge on any atom is -1.00 e. The van der Waals surface area contributed by atoms with E-state index in [1.54, 1.807) is 0 Å². The van der Waals surface area contributed by atoms with Gasteiger partial charge in [-0.05, 0) is 17.7 Å². The zero-order valence-corrected chi connectivity index (χ0v) is 14.4. The van der Waals surface area contributed by atoms with Crippen molar-refractivity contribution in [2.45, 2.75) is 12.5 Å². The second-order valence-electron chi connectivity index (χ2n) is 4.92. The van der Waals surface area contributed by atoms with Gasteiger partial charge in [0.05, 0.1) is 13.0 Å². The molecule has 0 aliphatic rings. The Bertz CT molecular complexity index is 592. The summed E-state index contributed by atoms with van der Waals surface area (Å²) in [6, 6.07) is 17.0. The lowest BCUT2D eigenvalue weighted by atomic mass is 10.1. The van der Waals surface area contributed by atoms with Crippen LogP contribution in [0.4, 0.5) is 0 Å². The van der Waals surface area contributed by atoms with Crippen molar-refractivity contribution in [3.05, 3.63) is 70.2 Å². The van der Waals surface area contributed by atoms with Crippen molar-refractivity contribution < 1.29 is 27.6 Å². The zero-order chi connectivity index (χ0) is 15.1. The van der Waals surface area contributed by atoms with E-state index in [2.05, 4.69) is 15.9 Å². The van der Waals surface area contributed by atoms with Crippen molar-refractivity contribution in [3.63, 3.8) is 0 Å². The second kappa shape index (κ2) is 9.74. The molecule has 1 atom stereocenters. The smallest absolute Gasteiger partial charge is 0.168 e. The molecule has 0 saturated carbocycles. The summed E-state index contributed by atoms with van der Waals surface area (Å²) in [5.74, 6) is 0.127. The summed E-state index contributed by atoms with van der Waals surface area (Å²) < 4.78 is 0.914. The van der Waals surface area contributed by atoms with E-state index in [0.717, 1.165) is 15.6 Å². The highest BCUT2D eigenvalue weighted by molar-refractivity contribution is 9.10. The van der Waals surface area contributed by atoms with Crippen LogP contribution >= 0.6 is 15.9 Å². The third-order valence-electron chi connectivity index (χ3n) is 3.30. The third-order valence-corrected chi connectivity index (χ3v) is 3.79. The van der Waals surface area contributed by atoms with Crippen LogP contribution in [0.2, 0.25) is 0 Å². The maximum absolute atomic E-state index is 12.0. The highest BCUT2D eigenvalue weighted by atomic mass is 79.9. The number of nitrogens with two attached hydrogens (primary N) is 1. The quantitative estimate of drug-likeness (QED) is 0.491. The fourth-order valence-corrected chi connectivity index (χ4v) is 2.53. The van der Waals surface area contributed by atoms with Crippen LogP contribution in [0.1, 0.15) is 28.4 Å². The van der Waals surface area contributed by atoms with E-state index in [9.17, 15) is 9.90 Å². The molecule has 0 aromatic heterocycles. The molecule has 118 valence electrons. The molecule has 0 heterocycles. The average molecular weight is 385 g/mol. The number of Topliss-reactive ketones (excluding diaryl/α,β-unsaturated/α-hetero) is 1. The number of hydrogen-bond acceptors (Lipinski definition) is 2. The Morgan fingerprint density at radius 3 is 2.55 bits per heavy atom. The number of aliphatic hydroxyl groups excluding tert-OH is 1. The first kappa shape index (κ1) is 18.8. The Kier molecular flexibility index (Phi) is 8.35. The first-order valence-corrected chi connectivity index (χ1v) is 7.79. The van der Waals surface area contributed by atoms with Crippen molar-refractivity contribution in [1.29, 1.82) is 0 Å². The van der Waals surface area contributed by atoms with E-state index >= 15 is 0 Å². The van der Waals surface area contributed by atoms with E-state index in [4.69, 9.17) is 0 Å². The van der Waals surface area contributed by atoms with Gasteiger partial charge < -0.3 is 22.8 Å². The van der Waals surface area contributed by atoms with E-state index in [1.807, 2.05) is 59.9 Å². The van der Waals surface area contributed by atoms with Crippen LogP contribution in [-0.2, 0) is 0 Å². The van der Waals surface area contributed by atoms with Gasteiger partial charge in [-0.3, -0.25) is 4.79 Å². The van der Waals surface area contributed by atoms with Gasteiger partial charge in [0.2, 0.25) is 0 Å². The van der Waals surface area contributed by atoms with Crippen LogP contribution in [0.3, 0.4) is 0 Å². The fraction of sp³-hybridized carbons (Fsp3) is 0.235. The Labute approximate surface area is 145 Å². The van der Waals surface area contributed by atoms with Crippen LogP contribution in [0, 0.1) is 0 Å². The Hall–Kier alpha value is -1.20. The molecule has 0 radical (unpaired) electrons. The summed E-state index contributed by atoms with van der Waals surface area (Å²) in [5, 5.41) is 12.0. The summed E-state index contributed by atoms with van der Waals surface area (Å²) in [4.78, 5) is 12.0. The van der Waals surface area contributed by atoms with Crippen molar-refractivity contribution in [2.24, 2.45) is 0 Å². The topological polar surface area (TPSA) is 53.9 Å². The summed E-state index contributed by atoms with van der Waals surface area (Å²) in [6.07, 6.45) is -0.0232. The number of quaternary nitrogens is 1. The molecule has 2 aromatic rings. The van der Waals surface area contributed by atoms with Gasteiger partial charge in [-0.1, -0.05) is 58.4 Å². The number of ketones is 1.